The third-order valence-corrected chi connectivity index (χ3v) is 2.94. The number of carbonyl (C=O) groups excluding carboxylic acids is 1. The molecule has 13 heavy (non-hydrogen) atoms. The van der Waals surface area contributed by atoms with E-state index in [1.807, 2.05) is 0 Å². The maximum Gasteiger partial charge on any atom is 0.410 e. The molecule has 0 radical (unpaired) electrons. The fraction of sp³-hybridized carbons (Fsp3) is 0.889. The first-order valence-electron chi connectivity index (χ1n) is 4.98. The Morgan fingerprint density at radius 3 is 2.85 bits per heavy atom. The first-order chi connectivity index (χ1) is 6.29. The van der Waals surface area contributed by atoms with E-state index < -0.39 is 0 Å². The summed E-state index contributed by atoms with van der Waals surface area (Å²) in [4.78, 5) is 13.2. The van der Waals surface area contributed by atoms with Gasteiger partial charge in [-0.1, -0.05) is 0 Å². The normalized spacial score (nSPS) is 34.8. The molecular formula is C9H16N2O2. The summed E-state index contributed by atoms with van der Waals surface area (Å²) in [6, 6.07) is 0.387. The number of hydrogen-bond acceptors (Lipinski definition) is 3. The van der Waals surface area contributed by atoms with Crippen molar-refractivity contribution in [3.63, 3.8) is 0 Å². The lowest BCUT2D eigenvalue weighted by Crippen LogP contribution is -2.50. The summed E-state index contributed by atoms with van der Waals surface area (Å²) in [7, 11) is 0. The number of cyclic esters (lactones) is 1. The van der Waals surface area contributed by atoms with Gasteiger partial charge in [0, 0.05) is 12.6 Å². The quantitative estimate of drug-likeness (QED) is 0.653. The first kappa shape index (κ1) is 8.81. The summed E-state index contributed by atoms with van der Waals surface area (Å²) >= 11 is 0. The van der Waals surface area contributed by atoms with Gasteiger partial charge in [-0.25, -0.2) is 4.79 Å². The molecule has 2 unspecified atom stereocenters. The average Bonchev–Trinajstić information content (AvgIpc) is 2.52. The third kappa shape index (κ3) is 1.63. The third-order valence-electron chi connectivity index (χ3n) is 2.94. The van der Waals surface area contributed by atoms with Crippen molar-refractivity contribution in [1.82, 2.24) is 4.90 Å². The molecule has 1 aliphatic carbocycles. The Labute approximate surface area is 78.0 Å². The van der Waals surface area contributed by atoms with Gasteiger partial charge in [0.25, 0.3) is 0 Å². The van der Waals surface area contributed by atoms with Crippen LogP contribution in [0.2, 0.25) is 0 Å². The van der Waals surface area contributed by atoms with Crippen LogP contribution < -0.4 is 5.73 Å². The van der Waals surface area contributed by atoms with E-state index in [4.69, 9.17) is 10.5 Å². The van der Waals surface area contributed by atoms with Gasteiger partial charge < -0.3 is 15.4 Å². The molecule has 1 amide bonds. The van der Waals surface area contributed by atoms with Gasteiger partial charge in [0.05, 0.1) is 12.6 Å². The second-order valence-electron chi connectivity index (χ2n) is 3.82. The van der Waals surface area contributed by atoms with Gasteiger partial charge in [0.1, 0.15) is 0 Å². The molecule has 2 atom stereocenters. The van der Waals surface area contributed by atoms with Crippen LogP contribution in [0.4, 0.5) is 4.79 Å². The predicted octanol–water partition coefficient (Wildman–Crippen LogP) is 0.708. The summed E-state index contributed by atoms with van der Waals surface area (Å²) < 4.78 is 4.98. The van der Waals surface area contributed by atoms with Gasteiger partial charge in [-0.3, -0.25) is 0 Å². The van der Waals surface area contributed by atoms with Gasteiger partial charge in [-0.05, 0) is 25.7 Å². The smallest absolute Gasteiger partial charge is 0.410 e. The molecule has 0 aromatic carbocycles. The van der Waals surface area contributed by atoms with Crippen LogP contribution in [0.15, 0.2) is 0 Å². The zero-order valence-electron chi connectivity index (χ0n) is 7.74. The molecule has 2 aliphatic rings. The zero-order chi connectivity index (χ0) is 9.26. The lowest BCUT2D eigenvalue weighted by Gasteiger charge is -2.33. The number of nitrogens with zero attached hydrogens (tertiary/aromatic N) is 1. The first-order valence-corrected chi connectivity index (χ1v) is 4.98. The molecule has 4 nitrogen and oxygen atoms in total. The molecule has 1 saturated carbocycles. The van der Waals surface area contributed by atoms with E-state index in [1.165, 1.54) is 0 Å². The van der Waals surface area contributed by atoms with E-state index in [2.05, 4.69) is 0 Å². The van der Waals surface area contributed by atoms with Crippen LogP contribution in [0, 0.1) is 0 Å². The molecule has 4 heteroatoms. The Kier molecular flexibility index (Phi) is 2.40. The molecule has 1 heterocycles. The monoisotopic (exact) mass is 184 g/mol. The van der Waals surface area contributed by atoms with Crippen molar-refractivity contribution in [2.45, 2.75) is 37.8 Å². The number of ether oxygens (including phenoxy) is 1. The minimum Gasteiger partial charge on any atom is -0.449 e. The maximum atomic E-state index is 11.4. The van der Waals surface area contributed by atoms with Crippen molar-refractivity contribution in [2.75, 3.05) is 13.2 Å². The number of amides is 1. The molecule has 0 aromatic rings. The van der Waals surface area contributed by atoms with Crippen molar-refractivity contribution in [2.24, 2.45) is 5.73 Å². The van der Waals surface area contributed by atoms with Crippen LogP contribution in [0.25, 0.3) is 0 Å². The van der Waals surface area contributed by atoms with Crippen molar-refractivity contribution in [3.8, 4) is 0 Å². The molecule has 2 fully saturated rings. The topological polar surface area (TPSA) is 55.6 Å². The molecular weight excluding hydrogens is 168 g/mol. The second kappa shape index (κ2) is 3.54. The molecule has 0 spiro atoms. The van der Waals surface area contributed by atoms with Gasteiger partial charge in [-0.15, -0.1) is 0 Å². The highest BCUT2D eigenvalue weighted by Crippen LogP contribution is 2.24. The van der Waals surface area contributed by atoms with Crippen LogP contribution >= 0.6 is 0 Å². The van der Waals surface area contributed by atoms with Crippen molar-refractivity contribution in [1.29, 1.82) is 0 Å². The predicted molar refractivity (Wildman–Crippen MR) is 48.3 cm³/mol. The SMILES string of the molecule is NC1CCCC1N1CCCOC1=O. The molecule has 2 rings (SSSR count). The largest absolute Gasteiger partial charge is 0.449 e. The van der Waals surface area contributed by atoms with Crippen molar-refractivity contribution < 1.29 is 9.53 Å². The Bertz CT molecular complexity index is 208. The minimum atomic E-state index is -0.173. The van der Waals surface area contributed by atoms with Crippen molar-refractivity contribution in [3.05, 3.63) is 0 Å². The number of carbonyl (C=O) groups is 1. The van der Waals surface area contributed by atoms with E-state index in [1.54, 1.807) is 4.90 Å². The fourth-order valence-electron chi connectivity index (χ4n) is 2.23. The highest BCUT2D eigenvalue weighted by molar-refractivity contribution is 5.68. The summed E-state index contributed by atoms with van der Waals surface area (Å²) in [5, 5.41) is 0. The zero-order valence-corrected chi connectivity index (χ0v) is 7.74. The number of rotatable bonds is 1. The average molecular weight is 184 g/mol. The Morgan fingerprint density at radius 2 is 2.23 bits per heavy atom. The van der Waals surface area contributed by atoms with E-state index in [0.717, 1.165) is 32.2 Å². The van der Waals surface area contributed by atoms with Crippen molar-refractivity contribution >= 4 is 6.09 Å². The van der Waals surface area contributed by atoms with Crippen LogP contribution in [0.1, 0.15) is 25.7 Å². The van der Waals surface area contributed by atoms with Gasteiger partial charge >= 0.3 is 6.09 Å². The summed E-state index contributed by atoms with van der Waals surface area (Å²) in [6.07, 6.45) is 3.98. The molecule has 74 valence electrons. The molecule has 2 N–H and O–H groups in total. The lowest BCUT2D eigenvalue weighted by molar-refractivity contribution is 0.0532. The van der Waals surface area contributed by atoms with E-state index in [9.17, 15) is 4.79 Å². The molecule has 0 aromatic heterocycles. The van der Waals surface area contributed by atoms with Gasteiger partial charge in [0.2, 0.25) is 0 Å². The van der Waals surface area contributed by atoms with Crippen LogP contribution in [0.5, 0.6) is 0 Å². The highest BCUT2D eigenvalue weighted by Gasteiger charge is 2.34. The van der Waals surface area contributed by atoms with Crippen LogP contribution in [0.3, 0.4) is 0 Å². The molecule has 0 bridgehead atoms. The molecule has 1 saturated heterocycles. The molecule has 1 aliphatic heterocycles. The Balaban J connectivity index is 2.01. The number of hydrogen-bond donors (Lipinski definition) is 1. The lowest BCUT2D eigenvalue weighted by atomic mass is 10.1. The maximum absolute atomic E-state index is 11.4. The van der Waals surface area contributed by atoms with E-state index in [0.29, 0.717) is 6.61 Å². The number of nitrogens with two attached hydrogens (primary N) is 1. The standard InChI is InChI=1S/C9H16N2O2/c10-7-3-1-4-8(7)11-5-2-6-13-9(11)12/h7-8H,1-6,10H2. The van der Waals surface area contributed by atoms with E-state index >= 15 is 0 Å². The van der Waals surface area contributed by atoms with Crippen LogP contribution in [-0.4, -0.2) is 36.2 Å². The van der Waals surface area contributed by atoms with Crippen LogP contribution in [-0.2, 0) is 4.74 Å². The Hall–Kier alpha value is -0.770. The second-order valence-corrected chi connectivity index (χ2v) is 3.82. The summed E-state index contributed by atoms with van der Waals surface area (Å²) in [6.45, 7) is 1.38. The fourth-order valence-corrected chi connectivity index (χ4v) is 2.23. The van der Waals surface area contributed by atoms with E-state index in [-0.39, 0.29) is 18.2 Å². The highest BCUT2D eigenvalue weighted by atomic mass is 16.6. The minimum absolute atomic E-state index is 0.158. The summed E-state index contributed by atoms with van der Waals surface area (Å²) in [5.41, 5.74) is 5.92. The summed E-state index contributed by atoms with van der Waals surface area (Å²) in [5.74, 6) is 0. The Morgan fingerprint density at radius 1 is 1.38 bits per heavy atom. The van der Waals surface area contributed by atoms with Gasteiger partial charge in [-0.2, -0.15) is 0 Å². The van der Waals surface area contributed by atoms with Gasteiger partial charge in [0.15, 0.2) is 0 Å².